The highest BCUT2D eigenvalue weighted by Gasteiger charge is 2.31. The zero-order valence-electron chi connectivity index (χ0n) is 15.1. The number of carbonyl (C=O) groups is 2. The normalized spacial score (nSPS) is 20.6. The Balaban J connectivity index is 1.76. The topological polar surface area (TPSA) is 70.1 Å². The molecule has 1 atom stereocenters. The maximum Gasteiger partial charge on any atom is 0.410 e. The summed E-state index contributed by atoms with van der Waals surface area (Å²) in [7, 11) is 0. The maximum atomic E-state index is 12.3. The largest absolute Gasteiger partial charge is 0.444 e. The number of fused-ring (bicyclic) bond motifs is 1. The van der Waals surface area contributed by atoms with Gasteiger partial charge in [-0.3, -0.25) is 4.79 Å². The quantitative estimate of drug-likeness (QED) is 0.892. The SMILES string of the molecule is CC(C)(C)OC(=O)N1CCc2ccc(N3CC(CO)CC3=O)cc2C1. The number of amides is 2. The van der Waals surface area contributed by atoms with E-state index in [0.29, 0.717) is 26.1 Å². The molecular weight excluding hydrogens is 320 g/mol. The summed E-state index contributed by atoms with van der Waals surface area (Å²) in [5.74, 6) is 0.0422. The smallest absolute Gasteiger partial charge is 0.410 e. The Hall–Kier alpha value is -2.08. The zero-order chi connectivity index (χ0) is 18.2. The molecule has 0 bridgehead atoms. The van der Waals surface area contributed by atoms with Crippen LogP contribution < -0.4 is 4.90 Å². The molecule has 6 nitrogen and oxygen atoms in total. The van der Waals surface area contributed by atoms with Crippen molar-refractivity contribution >= 4 is 17.7 Å². The number of hydrogen-bond donors (Lipinski definition) is 1. The first-order valence-electron chi connectivity index (χ1n) is 8.78. The zero-order valence-corrected chi connectivity index (χ0v) is 15.1. The van der Waals surface area contributed by atoms with Crippen LogP contribution in [0.1, 0.15) is 38.3 Å². The Labute approximate surface area is 148 Å². The van der Waals surface area contributed by atoms with Gasteiger partial charge in [0.2, 0.25) is 5.91 Å². The number of rotatable bonds is 2. The van der Waals surface area contributed by atoms with Crippen molar-refractivity contribution in [2.75, 3.05) is 24.6 Å². The summed E-state index contributed by atoms with van der Waals surface area (Å²) >= 11 is 0. The summed E-state index contributed by atoms with van der Waals surface area (Å²) in [6.07, 6.45) is 0.862. The highest BCUT2D eigenvalue weighted by atomic mass is 16.6. The first kappa shape index (κ1) is 17.7. The van der Waals surface area contributed by atoms with E-state index in [4.69, 9.17) is 4.74 Å². The Morgan fingerprint density at radius 3 is 2.72 bits per heavy atom. The van der Waals surface area contributed by atoms with Gasteiger partial charge in [-0.25, -0.2) is 4.79 Å². The van der Waals surface area contributed by atoms with Gasteiger partial charge in [0.25, 0.3) is 0 Å². The van der Waals surface area contributed by atoms with Gasteiger partial charge in [-0.05, 0) is 50.5 Å². The molecular formula is C19H26N2O4. The molecule has 1 aromatic rings. The average Bonchev–Trinajstić information content (AvgIpc) is 2.93. The van der Waals surface area contributed by atoms with Crippen LogP contribution in [0.15, 0.2) is 18.2 Å². The first-order chi connectivity index (χ1) is 11.8. The van der Waals surface area contributed by atoms with Crippen LogP contribution in [0.3, 0.4) is 0 Å². The van der Waals surface area contributed by atoms with Gasteiger partial charge in [0, 0.05) is 44.3 Å². The molecule has 2 heterocycles. The van der Waals surface area contributed by atoms with Gasteiger partial charge >= 0.3 is 6.09 Å². The molecule has 0 radical (unpaired) electrons. The molecule has 0 saturated carbocycles. The first-order valence-corrected chi connectivity index (χ1v) is 8.78. The lowest BCUT2D eigenvalue weighted by atomic mass is 9.99. The number of benzene rings is 1. The predicted octanol–water partition coefficient (Wildman–Crippen LogP) is 2.33. The molecule has 1 aromatic carbocycles. The number of aliphatic hydroxyl groups is 1. The summed E-state index contributed by atoms with van der Waals surface area (Å²) in [5, 5.41) is 9.29. The van der Waals surface area contributed by atoms with Gasteiger partial charge in [0.1, 0.15) is 5.60 Å². The third-order valence-electron chi connectivity index (χ3n) is 4.63. The summed E-state index contributed by atoms with van der Waals surface area (Å²) < 4.78 is 5.46. The lowest BCUT2D eigenvalue weighted by molar-refractivity contribution is -0.117. The van der Waals surface area contributed by atoms with Gasteiger partial charge in [-0.15, -0.1) is 0 Å². The number of anilines is 1. The molecule has 1 unspecified atom stereocenters. The van der Waals surface area contributed by atoms with Crippen LogP contribution in [0, 0.1) is 5.92 Å². The van der Waals surface area contributed by atoms with E-state index in [9.17, 15) is 14.7 Å². The molecule has 0 spiro atoms. The minimum Gasteiger partial charge on any atom is -0.444 e. The monoisotopic (exact) mass is 346 g/mol. The molecule has 1 N–H and O–H groups in total. The summed E-state index contributed by atoms with van der Waals surface area (Å²) in [4.78, 5) is 27.9. The molecule has 2 aliphatic rings. The minimum absolute atomic E-state index is 0.00166. The third kappa shape index (κ3) is 3.95. The van der Waals surface area contributed by atoms with Crippen molar-refractivity contribution in [1.82, 2.24) is 4.90 Å². The van der Waals surface area contributed by atoms with E-state index >= 15 is 0 Å². The molecule has 25 heavy (non-hydrogen) atoms. The summed E-state index contributed by atoms with van der Waals surface area (Å²) in [6.45, 7) is 7.27. The average molecular weight is 346 g/mol. The minimum atomic E-state index is -0.513. The summed E-state index contributed by atoms with van der Waals surface area (Å²) in [5.41, 5.74) is 2.58. The second-order valence-electron chi connectivity index (χ2n) is 7.86. The van der Waals surface area contributed by atoms with E-state index in [1.165, 1.54) is 5.56 Å². The van der Waals surface area contributed by atoms with Crippen LogP contribution in [0.2, 0.25) is 0 Å². The Morgan fingerprint density at radius 2 is 2.08 bits per heavy atom. The highest BCUT2D eigenvalue weighted by molar-refractivity contribution is 5.95. The lowest BCUT2D eigenvalue weighted by Gasteiger charge is -2.32. The fourth-order valence-corrected chi connectivity index (χ4v) is 3.35. The van der Waals surface area contributed by atoms with Gasteiger partial charge in [0.15, 0.2) is 0 Å². The molecule has 2 amide bonds. The molecule has 1 fully saturated rings. The van der Waals surface area contributed by atoms with Crippen molar-refractivity contribution in [1.29, 1.82) is 0 Å². The Morgan fingerprint density at radius 1 is 1.32 bits per heavy atom. The molecule has 6 heteroatoms. The van der Waals surface area contributed by atoms with E-state index in [-0.39, 0.29) is 24.5 Å². The Kier molecular flexibility index (Phi) is 4.73. The molecule has 0 aromatic heterocycles. The van der Waals surface area contributed by atoms with Crippen LogP contribution in [0.5, 0.6) is 0 Å². The standard InChI is InChI=1S/C19H26N2O4/c1-19(2,3)25-18(24)20-7-6-14-4-5-16(9-15(14)11-20)21-10-13(12-22)8-17(21)23/h4-5,9,13,22H,6-8,10-12H2,1-3H3. The molecule has 2 aliphatic heterocycles. The van der Waals surface area contributed by atoms with Gasteiger partial charge in [0.05, 0.1) is 0 Å². The van der Waals surface area contributed by atoms with Crippen molar-refractivity contribution in [3.05, 3.63) is 29.3 Å². The number of nitrogens with zero attached hydrogens (tertiary/aromatic N) is 2. The van der Waals surface area contributed by atoms with Gasteiger partial charge < -0.3 is 19.6 Å². The number of hydrogen-bond acceptors (Lipinski definition) is 4. The van der Waals surface area contributed by atoms with E-state index in [2.05, 4.69) is 0 Å². The van der Waals surface area contributed by atoms with E-state index < -0.39 is 5.60 Å². The lowest BCUT2D eigenvalue weighted by Crippen LogP contribution is -2.40. The van der Waals surface area contributed by atoms with E-state index in [1.54, 1.807) is 9.80 Å². The fraction of sp³-hybridized carbons (Fsp3) is 0.579. The van der Waals surface area contributed by atoms with Crippen molar-refractivity contribution in [3.8, 4) is 0 Å². The van der Waals surface area contributed by atoms with Gasteiger partial charge in [-0.2, -0.15) is 0 Å². The van der Waals surface area contributed by atoms with E-state index in [0.717, 1.165) is 17.7 Å². The van der Waals surface area contributed by atoms with Crippen molar-refractivity contribution in [3.63, 3.8) is 0 Å². The number of carbonyl (C=O) groups excluding carboxylic acids is 2. The van der Waals surface area contributed by atoms with Crippen LogP contribution in [-0.2, 0) is 22.5 Å². The highest BCUT2D eigenvalue weighted by Crippen LogP contribution is 2.29. The third-order valence-corrected chi connectivity index (χ3v) is 4.63. The van der Waals surface area contributed by atoms with Crippen molar-refractivity contribution < 1.29 is 19.4 Å². The molecule has 3 rings (SSSR count). The number of aliphatic hydroxyl groups excluding tert-OH is 1. The molecule has 1 saturated heterocycles. The van der Waals surface area contributed by atoms with Gasteiger partial charge in [-0.1, -0.05) is 6.07 Å². The van der Waals surface area contributed by atoms with Crippen molar-refractivity contribution in [2.24, 2.45) is 5.92 Å². The maximum absolute atomic E-state index is 12.3. The predicted molar refractivity (Wildman–Crippen MR) is 94.3 cm³/mol. The van der Waals surface area contributed by atoms with E-state index in [1.807, 2.05) is 39.0 Å². The molecule has 136 valence electrons. The molecule has 0 aliphatic carbocycles. The second kappa shape index (κ2) is 6.67. The number of ether oxygens (including phenoxy) is 1. The Bertz CT molecular complexity index is 680. The van der Waals surface area contributed by atoms with Crippen LogP contribution in [-0.4, -0.2) is 47.3 Å². The van der Waals surface area contributed by atoms with Crippen LogP contribution in [0.25, 0.3) is 0 Å². The van der Waals surface area contributed by atoms with Crippen LogP contribution in [0.4, 0.5) is 10.5 Å². The summed E-state index contributed by atoms with van der Waals surface area (Å²) in [6, 6.07) is 5.99. The van der Waals surface area contributed by atoms with Crippen LogP contribution >= 0.6 is 0 Å². The second-order valence-corrected chi connectivity index (χ2v) is 7.86. The van der Waals surface area contributed by atoms with Crippen molar-refractivity contribution in [2.45, 2.75) is 45.8 Å². The fourth-order valence-electron chi connectivity index (χ4n) is 3.35.